The molecular formula is C19H33Cl2N3O3. The second-order valence-electron chi connectivity index (χ2n) is 6.92. The van der Waals surface area contributed by atoms with E-state index in [0.717, 1.165) is 24.4 Å². The second kappa shape index (κ2) is 13.2. The third kappa shape index (κ3) is 8.23. The molecule has 1 fully saturated rings. The number of hydrogen-bond donors (Lipinski definition) is 2. The molecule has 2 rings (SSSR count). The Balaban J connectivity index is 0.00000338. The number of morpholine rings is 1. The molecule has 0 radical (unpaired) electrons. The van der Waals surface area contributed by atoms with Gasteiger partial charge in [-0.05, 0) is 30.0 Å². The van der Waals surface area contributed by atoms with Crippen molar-refractivity contribution in [1.82, 2.24) is 10.2 Å². The van der Waals surface area contributed by atoms with E-state index in [1.165, 1.54) is 0 Å². The highest BCUT2D eigenvalue weighted by molar-refractivity contribution is 5.85. The Morgan fingerprint density at radius 1 is 1.22 bits per heavy atom. The summed E-state index contributed by atoms with van der Waals surface area (Å²) in [4.78, 5) is 14.6. The molecule has 27 heavy (non-hydrogen) atoms. The van der Waals surface area contributed by atoms with Gasteiger partial charge >= 0.3 is 0 Å². The Bertz CT molecular complexity index is 538. The van der Waals surface area contributed by atoms with E-state index in [4.69, 9.17) is 15.2 Å². The van der Waals surface area contributed by atoms with Crippen molar-refractivity contribution in [2.24, 2.45) is 11.7 Å². The van der Waals surface area contributed by atoms with E-state index in [0.29, 0.717) is 32.1 Å². The Labute approximate surface area is 175 Å². The Kier molecular flexibility index (Phi) is 12.7. The van der Waals surface area contributed by atoms with E-state index >= 15 is 0 Å². The molecule has 0 spiro atoms. The van der Waals surface area contributed by atoms with Crippen LogP contribution in [0.1, 0.15) is 31.9 Å². The summed E-state index contributed by atoms with van der Waals surface area (Å²) in [6.45, 7) is 7.81. The zero-order chi connectivity index (χ0) is 18.2. The second-order valence-corrected chi connectivity index (χ2v) is 6.92. The molecule has 0 aromatic heterocycles. The number of benzene rings is 1. The average molecular weight is 422 g/mol. The topological polar surface area (TPSA) is 76.8 Å². The van der Waals surface area contributed by atoms with Gasteiger partial charge in [-0.1, -0.05) is 26.0 Å². The summed E-state index contributed by atoms with van der Waals surface area (Å²) >= 11 is 0. The molecule has 0 bridgehead atoms. The van der Waals surface area contributed by atoms with Gasteiger partial charge in [0.05, 0.1) is 32.4 Å². The lowest BCUT2D eigenvalue weighted by Gasteiger charge is -2.35. The standard InChI is InChI=1S/C19H31N3O3.2ClH/c1-14(2)12-17(20)19(23)21-13-18(22-8-10-25-11-9-22)15-4-6-16(24-3)7-5-15;;/h4-7,14,17-18H,8-13,20H2,1-3H3,(H,21,23);2*1H/t17-,18?;;/m0../s1. The third-order valence-electron chi connectivity index (χ3n) is 4.52. The van der Waals surface area contributed by atoms with Gasteiger partial charge in [-0.3, -0.25) is 9.69 Å². The number of ether oxygens (including phenoxy) is 2. The molecule has 8 heteroatoms. The van der Waals surface area contributed by atoms with Crippen molar-refractivity contribution in [1.29, 1.82) is 0 Å². The van der Waals surface area contributed by atoms with E-state index in [1.54, 1.807) is 7.11 Å². The summed E-state index contributed by atoms with van der Waals surface area (Å²) in [6, 6.07) is 7.66. The van der Waals surface area contributed by atoms with Crippen molar-refractivity contribution in [3.05, 3.63) is 29.8 Å². The van der Waals surface area contributed by atoms with Crippen LogP contribution >= 0.6 is 24.8 Å². The first kappa shape index (κ1) is 26.0. The van der Waals surface area contributed by atoms with Crippen molar-refractivity contribution < 1.29 is 14.3 Å². The van der Waals surface area contributed by atoms with Gasteiger partial charge in [0.1, 0.15) is 5.75 Å². The summed E-state index contributed by atoms with van der Waals surface area (Å²) in [5, 5.41) is 3.03. The molecule has 1 heterocycles. The van der Waals surface area contributed by atoms with Gasteiger partial charge < -0.3 is 20.5 Å². The highest BCUT2D eigenvalue weighted by Crippen LogP contribution is 2.23. The van der Waals surface area contributed by atoms with Crippen LogP contribution in [0.2, 0.25) is 0 Å². The van der Waals surface area contributed by atoms with Crippen LogP contribution in [-0.2, 0) is 9.53 Å². The van der Waals surface area contributed by atoms with Crippen molar-refractivity contribution in [2.75, 3.05) is 40.0 Å². The molecule has 1 aliphatic rings. The zero-order valence-electron chi connectivity index (χ0n) is 16.3. The highest BCUT2D eigenvalue weighted by Gasteiger charge is 2.24. The zero-order valence-corrected chi connectivity index (χ0v) is 18.0. The summed E-state index contributed by atoms with van der Waals surface area (Å²) in [5.41, 5.74) is 7.15. The van der Waals surface area contributed by atoms with Crippen molar-refractivity contribution in [3.8, 4) is 5.75 Å². The number of methoxy groups -OCH3 is 1. The quantitative estimate of drug-likeness (QED) is 0.673. The molecule has 1 aromatic carbocycles. The first-order valence-electron chi connectivity index (χ1n) is 9.00. The molecule has 0 aliphatic carbocycles. The van der Waals surface area contributed by atoms with E-state index in [-0.39, 0.29) is 36.8 Å². The molecule has 1 saturated heterocycles. The minimum absolute atomic E-state index is 0. The van der Waals surface area contributed by atoms with Crippen LogP contribution in [0.15, 0.2) is 24.3 Å². The van der Waals surface area contributed by atoms with Crippen LogP contribution in [0.4, 0.5) is 0 Å². The van der Waals surface area contributed by atoms with Crippen LogP contribution < -0.4 is 15.8 Å². The number of rotatable bonds is 8. The van der Waals surface area contributed by atoms with Gasteiger partial charge in [0.2, 0.25) is 5.91 Å². The Morgan fingerprint density at radius 2 is 1.81 bits per heavy atom. The SMILES string of the molecule is COc1ccc(C(CNC(=O)[C@@H](N)CC(C)C)N2CCOCC2)cc1.Cl.Cl. The summed E-state index contributed by atoms with van der Waals surface area (Å²) in [7, 11) is 1.66. The largest absolute Gasteiger partial charge is 0.497 e. The highest BCUT2D eigenvalue weighted by atomic mass is 35.5. The maximum atomic E-state index is 12.3. The maximum Gasteiger partial charge on any atom is 0.236 e. The molecule has 3 N–H and O–H groups in total. The summed E-state index contributed by atoms with van der Waals surface area (Å²) in [6.07, 6.45) is 0.691. The molecule has 1 amide bonds. The molecule has 6 nitrogen and oxygen atoms in total. The number of carbonyl (C=O) groups excluding carboxylic acids is 1. The van der Waals surface area contributed by atoms with Crippen LogP contribution in [-0.4, -0.2) is 56.8 Å². The van der Waals surface area contributed by atoms with Gasteiger partial charge in [-0.2, -0.15) is 0 Å². The van der Waals surface area contributed by atoms with E-state index < -0.39 is 6.04 Å². The number of halogens is 2. The normalized spacial score (nSPS) is 16.6. The lowest BCUT2D eigenvalue weighted by Crippen LogP contribution is -2.47. The molecule has 2 atom stereocenters. The molecule has 1 aromatic rings. The molecule has 1 unspecified atom stereocenters. The molecular weight excluding hydrogens is 389 g/mol. The summed E-state index contributed by atoms with van der Waals surface area (Å²) in [5.74, 6) is 1.14. The van der Waals surface area contributed by atoms with Crippen LogP contribution in [0.3, 0.4) is 0 Å². The lowest BCUT2D eigenvalue weighted by molar-refractivity contribution is -0.123. The molecule has 0 saturated carbocycles. The molecule has 156 valence electrons. The predicted molar refractivity (Wildman–Crippen MR) is 113 cm³/mol. The van der Waals surface area contributed by atoms with E-state index in [9.17, 15) is 4.79 Å². The van der Waals surface area contributed by atoms with Gasteiger partial charge in [-0.15, -0.1) is 24.8 Å². The first-order chi connectivity index (χ1) is 12.0. The van der Waals surface area contributed by atoms with E-state index in [1.807, 2.05) is 12.1 Å². The predicted octanol–water partition coefficient (Wildman–Crippen LogP) is 2.40. The van der Waals surface area contributed by atoms with Crippen molar-refractivity contribution in [2.45, 2.75) is 32.4 Å². The van der Waals surface area contributed by atoms with E-state index in [2.05, 4.69) is 36.2 Å². The number of nitrogens with one attached hydrogen (secondary N) is 1. The number of hydrogen-bond acceptors (Lipinski definition) is 5. The lowest BCUT2D eigenvalue weighted by atomic mass is 10.0. The number of nitrogens with two attached hydrogens (primary N) is 1. The van der Waals surface area contributed by atoms with Crippen LogP contribution in [0.25, 0.3) is 0 Å². The fraction of sp³-hybridized carbons (Fsp3) is 0.632. The number of carbonyl (C=O) groups is 1. The van der Waals surface area contributed by atoms with Gasteiger partial charge in [0.15, 0.2) is 0 Å². The number of nitrogens with zero attached hydrogens (tertiary/aromatic N) is 1. The van der Waals surface area contributed by atoms with Gasteiger partial charge in [0, 0.05) is 19.6 Å². The Hall–Kier alpha value is -1.05. The van der Waals surface area contributed by atoms with Crippen molar-refractivity contribution in [3.63, 3.8) is 0 Å². The monoisotopic (exact) mass is 421 g/mol. The third-order valence-corrected chi connectivity index (χ3v) is 4.52. The minimum Gasteiger partial charge on any atom is -0.497 e. The maximum absolute atomic E-state index is 12.3. The fourth-order valence-electron chi connectivity index (χ4n) is 3.12. The van der Waals surface area contributed by atoms with Gasteiger partial charge in [-0.25, -0.2) is 0 Å². The van der Waals surface area contributed by atoms with Gasteiger partial charge in [0.25, 0.3) is 0 Å². The minimum atomic E-state index is -0.457. The van der Waals surface area contributed by atoms with Crippen molar-refractivity contribution >= 4 is 30.7 Å². The Morgan fingerprint density at radius 3 is 2.33 bits per heavy atom. The summed E-state index contributed by atoms with van der Waals surface area (Å²) < 4.78 is 10.7. The number of amides is 1. The first-order valence-corrected chi connectivity index (χ1v) is 9.00. The van der Waals surface area contributed by atoms with Crippen LogP contribution in [0, 0.1) is 5.92 Å². The van der Waals surface area contributed by atoms with Crippen LogP contribution in [0.5, 0.6) is 5.75 Å². The fourth-order valence-corrected chi connectivity index (χ4v) is 3.12. The average Bonchev–Trinajstić information content (AvgIpc) is 2.62. The molecule has 1 aliphatic heterocycles. The smallest absolute Gasteiger partial charge is 0.236 e.